The highest BCUT2D eigenvalue weighted by Crippen LogP contribution is 2.20. The number of aromatic nitrogens is 2. The van der Waals surface area contributed by atoms with Crippen molar-refractivity contribution in [1.29, 1.82) is 0 Å². The van der Waals surface area contributed by atoms with Crippen LogP contribution >= 0.6 is 0 Å². The Morgan fingerprint density at radius 2 is 1.50 bits per heavy atom. The molecule has 0 aliphatic rings. The van der Waals surface area contributed by atoms with Gasteiger partial charge in [0.1, 0.15) is 5.82 Å². The Hall–Kier alpha value is -2.75. The van der Waals surface area contributed by atoms with Crippen LogP contribution in [0.1, 0.15) is 0 Å². The van der Waals surface area contributed by atoms with Gasteiger partial charge in [-0.2, -0.15) is 0 Å². The van der Waals surface area contributed by atoms with Gasteiger partial charge in [0.15, 0.2) is 5.82 Å². The van der Waals surface area contributed by atoms with Crippen LogP contribution in [0.2, 0.25) is 0 Å². The van der Waals surface area contributed by atoms with Gasteiger partial charge < -0.3 is 5.32 Å². The molecule has 1 aromatic heterocycles. The predicted molar refractivity (Wildman–Crippen MR) is 77.2 cm³/mol. The second-order valence-electron chi connectivity index (χ2n) is 4.27. The highest BCUT2D eigenvalue weighted by atomic mass is 19.1. The minimum Gasteiger partial charge on any atom is -0.336 e. The lowest BCUT2D eigenvalue weighted by molar-refractivity contribution is 0.631. The van der Waals surface area contributed by atoms with Crippen molar-refractivity contribution in [1.82, 2.24) is 10.2 Å². The molecular formula is C16H12FN3. The second-order valence-corrected chi connectivity index (χ2v) is 4.27. The fourth-order valence-corrected chi connectivity index (χ4v) is 1.86. The summed E-state index contributed by atoms with van der Waals surface area (Å²) in [5, 5.41) is 11.1. The van der Waals surface area contributed by atoms with E-state index in [1.807, 2.05) is 36.4 Å². The minimum atomic E-state index is -0.318. The number of hydrogen-bond donors (Lipinski definition) is 1. The summed E-state index contributed by atoms with van der Waals surface area (Å²) < 4.78 is 13.5. The maximum atomic E-state index is 13.5. The molecule has 1 N–H and O–H groups in total. The normalized spacial score (nSPS) is 10.2. The molecule has 20 heavy (non-hydrogen) atoms. The zero-order valence-corrected chi connectivity index (χ0v) is 10.6. The number of para-hydroxylation sites is 1. The van der Waals surface area contributed by atoms with Gasteiger partial charge in [0.2, 0.25) is 0 Å². The lowest BCUT2D eigenvalue weighted by Gasteiger charge is -2.06. The molecule has 98 valence electrons. The van der Waals surface area contributed by atoms with Crippen LogP contribution in [0.4, 0.5) is 15.9 Å². The van der Waals surface area contributed by atoms with E-state index in [0.717, 1.165) is 11.3 Å². The van der Waals surface area contributed by atoms with E-state index < -0.39 is 0 Å². The van der Waals surface area contributed by atoms with Crippen molar-refractivity contribution in [3.63, 3.8) is 0 Å². The van der Waals surface area contributed by atoms with Gasteiger partial charge >= 0.3 is 0 Å². The summed E-state index contributed by atoms with van der Waals surface area (Å²) >= 11 is 0. The van der Waals surface area contributed by atoms with E-state index in [2.05, 4.69) is 15.5 Å². The number of halogens is 1. The van der Waals surface area contributed by atoms with Crippen LogP contribution in [0, 0.1) is 5.82 Å². The highest BCUT2D eigenvalue weighted by molar-refractivity contribution is 5.61. The van der Waals surface area contributed by atoms with Gasteiger partial charge in [-0.25, -0.2) is 4.39 Å². The van der Waals surface area contributed by atoms with Gasteiger partial charge in [-0.15, -0.1) is 10.2 Å². The molecule has 0 atom stereocenters. The van der Waals surface area contributed by atoms with Gasteiger partial charge in [0.25, 0.3) is 0 Å². The van der Waals surface area contributed by atoms with Crippen molar-refractivity contribution < 1.29 is 4.39 Å². The predicted octanol–water partition coefficient (Wildman–Crippen LogP) is 4.03. The van der Waals surface area contributed by atoms with Gasteiger partial charge in [0.05, 0.1) is 11.4 Å². The van der Waals surface area contributed by atoms with Crippen LogP contribution in [0.15, 0.2) is 66.7 Å². The number of anilines is 2. The van der Waals surface area contributed by atoms with Gasteiger partial charge in [-0.05, 0) is 24.3 Å². The molecule has 3 aromatic rings. The van der Waals surface area contributed by atoms with E-state index in [0.29, 0.717) is 11.5 Å². The van der Waals surface area contributed by atoms with E-state index >= 15 is 0 Å². The Bertz CT molecular complexity index is 696. The highest BCUT2D eigenvalue weighted by Gasteiger charge is 2.03. The molecule has 0 spiro atoms. The van der Waals surface area contributed by atoms with Crippen LogP contribution in [-0.4, -0.2) is 10.2 Å². The quantitative estimate of drug-likeness (QED) is 0.777. The zero-order chi connectivity index (χ0) is 13.8. The Balaban J connectivity index is 1.82. The third-order valence-electron chi connectivity index (χ3n) is 2.87. The second kappa shape index (κ2) is 5.48. The molecule has 0 bridgehead atoms. The van der Waals surface area contributed by atoms with Crippen molar-refractivity contribution in [2.24, 2.45) is 0 Å². The van der Waals surface area contributed by atoms with Crippen LogP contribution in [0.5, 0.6) is 0 Å². The Kier molecular flexibility index (Phi) is 3.37. The summed E-state index contributed by atoms with van der Waals surface area (Å²) in [6, 6.07) is 19.9. The number of nitrogens with one attached hydrogen (secondary N) is 1. The Morgan fingerprint density at radius 3 is 2.20 bits per heavy atom. The van der Waals surface area contributed by atoms with Crippen molar-refractivity contribution in [3.8, 4) is 11.3 Å². The molecule has 0 saturated carbocycles. The molecule has 0 amide bonds. The fourth-order valence-electron chi connectivity index (χ4n) is 1.86. The largest absolute Gasteiger partial charge is 0.336 e. The van der Waals surface area contributed by atoms with Crippen LogP contribution in [0.25, 0.3) is 11.3 Å². The molecular weight excluding hydrogens is 253 g/mol. The van der Waals surface area contributed by atoms with E-state index in [1.165, 1.54) is 6.07 Å². The first-order valence-electron chi connectivity index (χ1n) is 6.23. The van der Waals surface area contributed by atoms with Gasteiger partial charge in [-0.3, -0.25) is 0 Å². The molecule has 4 heteroatoms. The summed E-state index contributed by atoms with van der Waals surface area (Å²) in [6.07, 6.45) is 0. The molecule has 3 rings (SSSR count). The van der Waals surface area contributed by atoms with Crippen LogP contribution in [0.3, 0.4) is 0 Å². The van der Waals surface area contributed by atoms with Crippen molar-refractivity contribution in [2.75, 3.05) is 5.32 Å². The monoisotopic (exact) mass is 265 g/mol. The van der Waals surface area contributed by atoms with E-state index in [-0.39, 0.29) is 5.82 Å². The number of hydrogen-bond acceptors (Lipinski definition) is 3. The molecule has 0 unspecified atom stereocenters. The first kappa shape index (κ1) is 12.3. The molecule has 0 aliphatic carbocycles. The van der Waals surface area contributed by atoms with E-state index in [1.54, 1.807) is 24.3 Å². The summed E-state index contributed by atoms with van der Waals surface area (Å²) in [5.74, 6) is 0.191. The maximum absolute atomic E-state index is 13.5. The lowest BCUT2D eigenvalue weighted by atomic mass is 10.1. The fraction of sp³-hybridized carbons (Fsp3) is 0. The maximum Gasteiger partial charge on any atom is 0.153 e. The molecule has 0 radical (unpaired) electrons. The standard InChI is InChI=1S/C16H12FN3/c17-13-8-4-5-9-15(13)18-16-11-10-14(19-20-16)12-6-2-1-3-7-12/h1-11H,(H,18,20). The number of benzene rings is 2. The van der Waals surface area contributed by atoms with Crippen molar-refractivity contribution in [2.45, 2.75) is 0 Å². The van der Waals surface area contributed by atoms with Crippen molar-refractivity contribution in [3.05, 3.63) is 72.5 Å². The van der Waals surface area contributed by atoms with Crippen LogP contribution < -0.4 is 5.32 Å². The average molecular weight is 265 g/mol. The van der Waals surface area contributed by atoms with E-state index in [4.69, 9.17) is 0 Å². The Morgan fingerprint density at radius 1 is 0.750 bits per heavy atom. The molecule has 1 heterocycles. The van der Waals surface area contributed by atoms with Crippen LogP contribution in [-0.2, 0) is 0 Å². The third-order valence-corrected chi connectivity index (χ3v) is 2.87. The SMILES string of the molecule is Fc1ccccc1Nc1ccc(-c2ccccc2)nn1. The molecule has 0 aliphatic heterocycles. The summed E-state index contributed by atoms with van der Waals surface area (Å²) in [4.78, 5) is 0. The summed E-state index contributed by atoms with van der Waals surface area (Å²) in [7, 11) is 0. The first-order chi connectivity index (χ1) is 9.83. The van der Waals surface area contributed by atoms with Crippen molar-refractivity contribution >= 4 is 11.5 Å². The topological polar surface area (TPSA) is 37.8 Å². The smallest absolute Gasteiger partial charge is 0.153 e. The number of rotatable bonds is 3. The lowest BCUT2D eigenvalue weighted by Crippen LogP contribution is -1.98. The molecule has 0 saturated heterocycles. The summed E-state index contributed by atoms with van der Waals surface area (Å²) in [5.41, 5.74) is 2.16. The third kappa shape index (κ3) is 2.64. The molecule has 2 aromatic carbocycles. The minimum absolute atomic E-state index is 0.318. The van der Waals surface area contributed by atoms with Gasteiger partial charge in [0, 0.05) is 5.56 Å². The molecule has 0 fully saturated rings. The first-order valence-corrected chi connectivity index (χ1v) is 6.23. The zero-order valence-electron chi connectivity index (χ0n) is 10.6. The Labute approximate surface area is 116 Å². The number of nitrogens with zero attached hydrogens (tertiary/aromatic N) is 2. The van der Waals surface area contributed by atoms with E-state index in [9.17, 15) is 4.39 Å². The van der Waals surface area contributed by atoms with Gasteiger partial charge in [-0.1, -0.05) is 42.5 Å². The average Bonchev–Trinajstić information content (AvgIpc) is 2.51. The molecule has 3 nitrogen and oxygen atoms in total. The summed E-state index contributed by atoms with van der Waals surface area (Å²) in [6.45, 7) is 0.